The molecule has 0 bridgehead atoms. The lowest BCUT2D eigenvalue weighted by Crippen LogP contribution is -2.23. The summed E-state index contributed by atoms with van der Waals surface area (Å²) >= 11 is 10.4. The van der Waals surface area contributed by atoms with Crippen molar-refractivity contribution in [1.29, 1.82) is 0 Å². The van der Waals surface area contributed by atoms with Crippen LogP contribution in [0.25, 0.3) is 10.9 Å². The Morgan fingerprint density at radius 1 is 1.21 bits per heavy atom. The Bertz CT molecular complexity index is 1310. The number of benzene rings is 2. The average Bonchev–Trinajstić information content (AvgIpc) is 2.76. The van der Waals surface area contributed by atoms with Crippen LogP contribution in [0.3, 0.4) is 0 Å². The summed E-state index contributed by atoms with van der Waals surface area (Å²) in [7, 11) is 0. The first-order valence-electron chi connectivity index (χ1n) is 9.96. The highest BCUT2D eigenvalue weighted by Gasteiger charge is 2.18. The minimum Gasteiger partial charge on any atom is -0.490 e. The standard InChI is InChI=1S/C22H21Br3N4O4/c1-4-32-16-7-12(18(24)19(25)20(16)33-10-17(26)30)9-27-29-21(11(2)3)28-15-6-5-13(23)8-14(15)22(29)31/h5-9,11H,4,10H2,1-3H3,(H2,26,30). The lowest BCUT2D eigenvalue weighted by atomic mass is 10.2. The SMILES string of the molecule is CCOc1cc(C=Nn2c(C(C)C)nc3ccc(Br)cc3c2=O)c(Br)c(Br)c1OCC(N)=O. The summed E-state index contributed by atoms with van der Waals surface area (Å²) in [4.78, 5) is 29.0. The second-order valence-corrected chi connectivity index (χ2v) is 9.76. The molecule has 1 amide bonds. The number of aromatic nitrogens is 2. The first kappa shape index (κ1) is 25.4. The van der Waals surface area contributed by atoms with Crippen molar-refractivity contribution in [2.75, 3.05) is 13.2 Å². The van der Waals surface area contributed by atoms with Crippen molar-refractivity contribution in [3.63, 3.8) is 0 Å². The van der Waals surface area contributed by atoms with E-state index in [0.29, 0.717) is 49.3 Å². The molecule has 1 heterocycles. The number of hydrogen-bond acceptors (Lipinski definition) is 6. The summed E-state index contributed by atoms with van der Waals surface area (Å²) in [6.45, 7) is 5.79. The zero-order valence-electron chi connectivity index (χ0n) is 18.1. The quantitative estimate of drug-likeness (QED) is 0.349. The van der Waals surface area contributed by atoms with Crippen molar-refractivity contribution in [2.45, 2.75) is 26.7 Å². The van der Waals surface area contributed by atoms with Crippen molar-refractivity contribution >= 4 is 70.8 Å². The van der Waals surface area contributed by atoms with Crippen molar-refractivity contribution in [1.82, 2.24) is 9.66 Å². The van der Waals surface area contributed by atoms with Gasteiger partial charge in [0.05, 0.1) is 28.2 Å². The highest BCUT2D eigenvalue weighted by molar-refractivity contribution is 9.13. The molecule has 0 aliphatic rings. The minimum atomic E-state index is -0.609. The van der Waals surface area contributed by atoms with E-state index in [4.69, 9.17) is 15.2 Å². The summed E-state index contributed by atoms with van der Waals surface area (Å²) in [6, 6.07) is 7.07. The monoisotopic (exact) mass is 642 g/mol. The van der Waals surface area contributed by atoms with Gasteiger partial charge in [0.15, 0.2) is 18.1 Å². The van der Waals surface area contributed by atoms with Gasteiger partial charge in [0, 0.05) is 20.4 Å². The molecule has 0 saturated heterocycles. The van der Waals surface area contributed by atoms with Crippen LogP contribution in [0.2, 0.25) is 0 Å². The van der Waals surface area contributed by atoms with E-state index >= 15 is 0 Å². The molecule has 0 radical (unpaired) electrons. The molecular formula is C22H21Br3N4O4. The predicted octanol–water partition coefficient (Wildman–Crippen LogP) is 4.95. The van der Waals surface area contributed by atoms with Crippen LogP contribution >= 0.6 is 47.8 Å². The number of carbonyl (C=O) groups is 1. The van der Waals surface area contributed by atoms with E-state index < -0.39 is 5.91 Å². The molecule has 174 valence electrons. The maximum Gasteiger partial charge on any atom is 0.282 e. The normalized spacial score (nSPS) is 11.5. The third-order valence-electron chi connectivity index (χ3n) is 4.48. The average molecular weight is 645 g/mol. The van der Waals surface area contributed by atoms with E-state index in [0.717, 1.165) is 4.47 Å². The zero-order chi connectivity index (χ0) is 24.3. The molecular weight excluding hydrogens is 624 g/mol. The summed E-state index contributed by atoms with van der Waals surface area (Å²) in [5.41, 5.74) is 6.15. The summed E-state index contributed by atoms with van der Waals surface area (Å²) in [5, 5.41) is 4.92. The van der Waals surface area contributed by atoms with Crippen molar-refractivity contribution in [2.24, 2.45) is 10.8 Å². The molecule has 0 unspecified atom stereocenters. The van der Waals surface area contributed by atoms with Gasteiger partial charge in [0.1, 0.15) is 5.82 Å². The van der Waals surface area contributed by atoms with Crippen molar-refractivity contribution < 1.29 is 14.3 Å². The fraction of sp³-hybridized carbons (Fsp3) is 0.273. The van der Waals surface area contributed by atoms with Gasteiger partial charge in [-0.15, -0.1) is 0 Å². The van der Waals surface area contributed by atoms with Gasteiger partial charge in [-0.2, -0.15) is 9.78 Å². The fourth-order valence-electron chi connectivity index (χ4n) is 3.01. The van der Waals surface area contributed by atoms with Crippen LogP contribution in [0, 0.1) is 0 Å². The number of primary amides is 1. The number of amides is 1. The minimum absolute atomic E-state index is 0.0402. The van der Waals surface area contributed by atoms with Crippen molar-refractivity contribution in [3.8, 4) is 11.5 Å². The van der Waals surface area contributed by atoms with Gasteiger partial charge in [-0.1, -0.05) is 29.8 Å². The van der Waals surface area contributed by atoms with E-state index in [-0.39, 0.29) is 18.1 Å². The van der Waals surface area contributed by atoms with E-state index in [2.05, 4.69) is 57.9 Å². The number of nitrogens with zero attached hydrogens (tertiary/aromatic N) is 3. The van der Waals surface area contributed by atoms with Crippen molar-refractivity contribution in [3.05, 3.63) is 59.4 Å². The van der Waals surface area contributed by atoms with Gasteiger partial charge < -0.3 is 15.2 Å². The molecule has 0 spiro atoms. The molecule has 33 heavy (non-hydrogen) atoms. The van der Waals surface area contributed by atoms with Crippen LogP contribution in [0.5, 0.6) is 11.5 Å². The van der Waals surface area contributed by atoms with Gasteiger partial charge in [-0.05, 0) is 63.0 Å². The van der Waals surface area contributed by atoms with Crippen LogP contribution < -0.4 is 20.8 Å². The van der Waals surface area contributed by atoms with Gasteiger partial charge >= 0.3 is 0 Å². The van der Waals surface area contributed by atoms with Gasteiger partial charge in [0.25, 0.3) is 11.5 Å². The second kappa shape index (κ2) is 10.8. The third kappa shape index (κ3) is 5.64. The molecule has 3 rings (SSSR count). The maximum absolute atomic E-state index is 13.2. The molecule has 0 aliphatic heterocycles. The predicted molar refractivity (Wildman–Crippen MR) is 138 cm³/mol. The third-order valence-corrected chi connectivity index (χ3v) is 7.11. The Labute approximate surface area is 215 Å². The van der Waals surface area contributed by atoms with Gasteiger partial charge in [0.2, 0.25) is 0 Å². The molecule has 0 fully saturated rings. The van der Waals surface area contributed by atoms with Gasteiger partial charge in [-0.3, -0.25) is 9.59 Å². The molecule has 2 aromatic carbocycles. The number of ether oxygens (including phenoxy) is 2. The topological polar surface area (TPSA) is 109 Å². The Morgan fingerprint density at radius 2 is 1.94 bits per heavy atom. The molecule has 8 nitrogen and oxygen atoms in total. The van der Waals surface area contributed by atoms with E-state index in [1.54, 1.807) is 18.2 Å². The summed E-state index contributed by atoms with van der Waals surface area (Å²) in [6.07, 6.45) is 1.54. The first-order chi connectivity index (χ1) is 15.6. The number of rotatable bonds is 8. The number of carbonyl (C=O) groups excluding carboxylic acids is 1. The Morgan fingerprint density at radius 3 is 2.58 bits per heavy atom. The van der Waals surface area contributed by atoms with E-state index in [1.165, 1.54) is 10.9 Å². The fourth-order valence-corrected chi connectivity index (χ4v) is 4.31. The Kier molecular flexibility index (Phi) is 8.30. The van der Waals surface area contributed by atoms with Crippen LogP contribution in [0.1, 0.15) is 38.1 Å². The highest BCUT2D eigenvalue weighted by Crippen LogP contribution is 2.42. The van der Waals surface area contributed by atoms with E-state index in [1.807, 2.05) is 26.8 Å². The summed E-state index contributed by atoms with van der Waals surface area (Å²) in [5.74, 6) is 0.612. The molecule has 0 saturated carbocycles. The van der Waals surface area contributed by atoms with Crippen LogP contribution in [0.4, 0.5) is 0 Å². The molecule has 11 heteroatoms. The number of hydrogen-bond donors (Lipinski definition) is 1. The second-order valence-electron chi connectivity index (χ2n) is 7.26. The summed E-state index contributed by atoms with van der Waals surface area (Å²) < 4.78 is 14.4. The maximum atomic E-state index is 13.2. The number of halogens is 3. The lowest BCUT2D eigenvalue weighted by Gasteiger charge is -2.16. The zero-order valence-corrected chi connectivity index (χ0v) is 22.8. The molecule has 0 atom stereocenters. The largest absolute Gasteiger partial charge is 0.490 e. The first-order valence-corrected chi connectivity index (χ1v) is 12.3. The Balaban J connectivity index is 2.14. The van der Waals surface area contributed by atoms with Crippen LogP contribution in [-0.4, -0.2) is 35.0 Å². The van der Waals surface area contributed by atoms with E-state index in [9.17, 15) is 9.59 Å². The van der Waals surface area contributed by atoms with Gasteiger partial charge in [-0.25, -0.2) is 4.98 Å². The molecule has 2 N–H and O–H groups in total. The molecule has 1 aromatic heterocycles. The molecule has 3 aromatic rings. The molecule has 0 aliphatic carbocycles. The smallest absolute Gasteiger partial charge is 0.282 e. The Hall–Kier alpha value is -2.24. The number of fused-ring (bicyclic) bond motifs is 1. The highest BCUT2D eigenvalue weighted by atomic mass is 79.9. The lowest BCUT2D eigenvalue weighted by molar-refractivity contribution is -0.119. The van der Waals surface area contributed by atoms with Crippen LogP contribution in [-0.2, 0) is 4.79 Å². The van der Waals surface area contributed by atoms with Crippen LogP contribution in [0.15, 0.2) is 47.6 Å². The number of nitrogens with two attached hydrogens (primary N) is 1.